The Morgan fingerprint density at radius 3 is 2.36 bits per heavy atom. The summed E-state index contributed by atoms with van der Waals surface area (Å²) in [5, 5.41) is 5.83. The van der Waals surface area contributed by atoms with Crippen molar-refractivity contribution in [3.63, 3.8) is 0 Å². The van der Waals surface area contributed by atoms with Crippen molar-refractivity contribution in [3.05, 3.63) is 39.9 Å². The normalized spacial score (nSPS) is 21.1. The van der Waals surface area contributed by atoms with E-state index in [2.05, 4.69) is 11.4 Å². The van der Waals surface area contributed by atoms with E-state index in [0.717, 1.165) is 48.2 Å². The lowest BCUT2D eigenvalue weighted by Crippen LogP contribution is -2.50. The Morgan fingerprint density at radius 1 is 1.23 bits per heavy atom. The molecule has 3 rings (SSSR count). The lowest BCUT2D eigenvalue weighted by Gasteiger charge is -2.36. The molecule has 1 aromatic carbocycles. The van der Waals surface area contributed by atoms with Crippen LogP contribution in [0.3, 0.4) is 0 Å². The third-order valence-electron chi connectivity index (χ3n) is 4.67. The molecule has 1 fully saturated rings. The summed E-state index contributed by atoms with van der Waals surface area (Å²) < 4.78 is 0. The van der Waals surface area contributed by atoms with Gasteiger partial charge < -0.3 is 10.2 Å². The molecule has 0 atom stereocenters. The predicted molar refractivity (Wildman–Crippen MR) is 87.6 cm³/mol. The lowest BCUT2D eigenvalue weighted by molar-refractivity contribution is -0.150. The molecule has 0 aliphatic carbocycles. The zero-order chi connectivity index (χ0) is 15.9. The molecule has 1 saturated heterocycles. The number of hydrogen-bond donors (Lipinski definition) is 1. The van der Waals surface area contributed by atoms with Crippen molar-refractivity contribution in [1.82, 2.24) is 10.4 Å². The zero-order valence-corrected chi connectivity index (χ0v) is 14.0. The van der Waals surface area contributed by atoms with Gasteiger partial charge in [-0.05, 0) is 61.6 Å². The number of nitrogens with zero attached hydrogens (tertiary/aromatic N) is 1. The maximum absolute atomic E-state index is 12.5. The number of halogens is 1. The molecule has 0 radical (unpaired) electrons. The molecule has 2 aliphatic heterocycles. The zero-order valence-electron chi connectivity index (χ0n) is 13.2. The number of carbonyl (C=O) groups is 1. The first-order chi connectivity index (χ1) is 10.4. The van der Waals surface area contributed by atoms with Crippen molar-refractivity contribution in [2.45, 2.75) is 32.2 Å². The van der Waals surface area contributed by atoms with Gasteiger partial charge in [0.2, 0.25) is 0 Å². The van der Waals surface area contributed by atoms with Crippen LogP contribution < -0.4 is 5.32 Å². The Labute approximate surface area is 136 Å². The number of carbonyl (C=O) groups excluding carboxylic acids is 1. The average molecular weight is 321 g/mol. The summed E-state index contributed by atoms with van der Waals surface area (Å²) in [6.45, 7) is 5.64. The first-order valence-corrected chi connectivity index (χ1v) is 7.93. The number of rotatable bonds is 2. The number of aryl methyl sites for hydroxylation is 2. The van der Waals surface area contributed by atoms with Crippen LogP contribution in [-0.4, -0.2) is 36.7 Å². The third-order valence-corrected chi connectivity index (χ3v) is 4.89. The summed E-state index contributed by atoms with van der Waals surface area (Å²) in [5.41, 5.74) is 3.63. The summed E-state index contributed by atoms with van der Waals surface area (Å²) >= 11 is 6.10. The van der Waals surface area contributed by atoms with E-state index < -0.39 is 0 Å². The van der Waals surface area contributed by atoms with Gasteiger partial charge in [0, 0.05) is 23.7 Å². The first-order valence-electron chi connectivity index (χ1n) is 7.56. The molecule has 0 unspecified atom stereocenters. The van der Waals surface area contributed by atoms with E-state index in [9.17, 15) is 4.79 Å². The van der Waals surface area contributed by atoms with Crippen LogP contribution in [0, 0.1) is 13.8 Å². The number of piperidine rings is 1. The summed E-state index contributed by atoms with van der Waals surface area (Å²) in [5.74, 6) is 0.0133. The number of amides is 1. The van der Waals surface area contributed by atoms with E-state index in [1.807, 2.05) is 31.0 Å². The highest BCUT2D eigenvalue weighted by atomic mass is 35.5. The van der Waals surface area contributed by atoms with Gasteiger partial charge >= 0.3 is 0 Å². The van der Waals surface area contributed by atoms with E-state index in [0.29, 0.717) is 5.02 Å². The van der Waals surface area contributed by atoms with Gasteiger partial charge in [0.25, 0.3) is 5.91 Å². The maximum Gasteiger partial charge on any atom is 0.252 e. The number of nitrogens with one attached hydrogen (secondary N) is 1. The minimum Gasteiger partial charge on any atom is -0.343 e. The van der Waals surface area contributed by atoms with Gasteiger partial charge in [0.1, 0.15) is 0 Å². The molecule has 0 saturated carbocycles. The standard InChI is InChI=1S/C17H21ClN2O2/c1-11-8-13(18)9-12(2)15(11)14-10-17(19-16(14)21)4-6-20(22-3)7-5-17/h8-10H,4-7H2,1-3H3,(H,19,21). The molecule has 2 heterocycles. The molecule has 2 aliphatic rings. The molecule has 0 aromatic heterocycles. The quantitative estimate of drug-likeness (QED) is 0.911. The Morgan fingerprint density at radius 2 is 1.82 bits per heavy atom. The second kappa shape index (κ2) is 5.69. The fourth-order valence-corrected chi connectivity index (χ4v) is 3.86. The van der Waals surface area contributed by atoms with Crippen LogP contribution in [0.4, 0.5) is 0 Å². The Kier molecular flexibility index (Phi) is 4.02. The van der Waals surface area contributed by atoms with Gasteiger partial charge in [-0.3, -0.25) is 4.79 Å². The Balaban J connectivity index is 1.95. The van der Waals surface area contributed by atoms with E-state index in [4.69, 9.17) is 16.4 Å². The van der Waals surface area contributed by atoms with Crippen LogP contribution >= 0.6 is 11.6 Å². The van der Waals surface area contributed by atoms with Gasteiger partial charge in [-0.2, -0.15) is 5.06 Å². The van der Waals surface area contributed by atoms with Gasteiger partial charge in [-0.1, -0.05) is 11.6 Å². The van der Waals surface area contributed by atoms with Crippen LogP contribution in [0.25, 0.3) is 5.57 Å². The van der Waals surface area contributed by atoms with Crippen LogP contribution in [-0.2, 0) is 9.63 Å². The lowest BCUT2D eigenvalue weighted by atomic mass is 9.87. The molecule has 1 N–H and O–H groups in total. The largest absolute Gasteiger partial charge is 0.343 e. The molecule has 1 spiro atoms. The van der Waals surface area contributed by atoms with E-state index in [-0.39, 0.29) is 11.4 Å². The molecule has 22 heavy (non-hydrogen) atoms. The van der Waals surface area contributed by atoms with E-state index in [1.165, 1.54) is 0 Å². The Hall–Kier alpha value is -1.36. The highest BCUT2D eigenvalue weighted by Crippen LogP contribution is 2.36. The van der Waals surface area contributed by atoms with Crippen molar-refractivity contribution in [1.29, 1.82) is 0 Å². The fraction of sp³-hybridized carbons (Fsp3) is 0.471. The minimum absolute atomic E-state index is 0.0133. The monoisotopic (exact) mass is 320 g/mol. The first kappa shape index (κ1) is 15.5. The molecular weight excluding hydrogens is 300 g/mol. The molecule has 5 heteroatoms. The van der Waals surface area contributed by atoms with Gasteiger partial charge in [0.15, 0.2) is 0 Å². The van der Waals surface area contributed by atoms with Crippen molar-refractivity contribution in [2.24, 2.45) is 0 Å². The number of hydroxylamine groups is 2. The van der Waals surface area contributed by atoms with Gasteiger partial charge in [0.05, 0.1) is 12.6 Å². The summed E-state index contributed by atoms with van der Waals surface area (Å²) in [7, 11) is 1.69. The summed E-state index contributed by atoms with van der Waals surface area (Å²) in [6.07, 6.45) is 3.84. The van der Waals surface area contributed by atoms with Gasteiger partial charge in [-0.15, -0.1) is 0 Å². The van der Waals surface area contributed by atoms with Crippen LogP contribution in [0.1, 0.15) is 29.5 Å². The molecule has 118 valence electrons. The highest BCUT2D eigenvalue weighted by molar-refractivity contribution is 6.31. The average Bonchev–Trinajstić information content (AvgIpc) is 2.75. The second-order valence-electron chi connectivity index (χ2n) is 6.19. The van der Waals surface area contributed by atoms with Crippen molar-refractivity contribution in [2.75, 3.05) is 20.2 Å². The van der Waals surface area contributed by atoms with Crippen LogP contribution in [0.2, 0.25) is 5.02 Å². The fourth-order valence-electron chi connectivity index (χ4n) is 3.53. The maximum atomic E-state index is 12.5. The molecular formula is C17H21ClN2O2. The van der Waals surface area contributed by atoms with Crippen molar-refractivity contribution < 1.29 is 9.63 Å². The number of hydrogen-bond acceptors (Lipinski definition) is 3. The summed E-state index contributed by atoms with van der Waals surface area (Å²) in [6, 6.07) is 3.83. The highest BCUT2D eigenvalue weighted by Gasteiger charge is 2.41. The van der Waals surface area contributed by atoms with Crippen molar-refractivity contribution >= 4 is 23.1 Å². The van der Waals surface area contributed by atoms with Crippen molar-refractivity contribution in [3.8, 4) is 0 Å². The Bertz CT molecular complexity index is 623. The topological polar surface area (TPSA) is 41.6 Å². The molecule has 0 bridgehead atoms. The van der Waals surface area contributed by atoms with Gasteiger partial charge in [-0.25, -0.2) is 0 Å². The van der Waals surface area contributed by atoms with E-state index in [1.54, 1.807) is 7.11 Å². The van der Waals surface area contributed by atoms with E-state index >= 15 is 0 Å². The molecule has 4 nitrogen and oxygen atoms in total. The van der Waals surface area contributed by atoms with Crippen LogP contribution in [0.5, 0.6) is 0 Å². The predicted octanol–water partition coefficient (Wildman–Crippen LogP) is 2.87. The molecule has 1 amide bonds. The smallest absolute Gasteiger partial charge is 0.252 e. The summed E-state index contributed by atoms with van der Waals surface area (Å²) in [4.78, 5) is 17.8. The molecule has 1 aromatic rings. The number of benzene rings is 1. The second-order valence-corrected chi connectivity index (χ2v) is 6.63. The SMILES string of the molecule is CON1CCC2(C=C(c3c(C)cc(Cl)cc3C)C(=O)N2)CC1. The van der Waals surface area contributed by atoms with Crippen LogP contribution in [0.15, 0.2) is 18.2 Å². The third kappa shape index (κ3) is 2.67. The minimum atomic E-state index is -0.236.